The van der Waals surface area contributed by atoms with Gasteiger partial charge in [0.2, 0.25) is 0 Å². The highest BCUT2D eigenvalue weighted by Crippen LogP contribution is 2.40. The van der Waals surface area contributed by atoms with Gasteiger partial charge in [-0.3, -0.25) is 0 Å². The number of carboxylic acids is 1. The van der Waals surface area contributed by atoms with Crippen molar-refractivity contribution in [2.75, 3.05) is 0 Å². The number of benzene rings is 1. The van der Waals surface area contributed by atoms with E-state index >= 15 is 0 Å². The first kappa shape index (κ1) is 15.0. The molecule has 0 radical (unpaired) electrons. The van der Waals surface area contributed by atoms with Gasteiger partial charge < -0.3 is 5.11 Å². The van der Waals surface area contributed by atoms with Crippen molar-refractivity contribution >= 4 is 43.5 Å². The van der Waals surface area contributed by atoms with Crippen LogP contribution in [0.3, 0.4) is 0 Å². The Morgan fingerprint density at radius 2 is 2.10 bits per heavy atom. The van der Waals surface area contributed by atoms with Crippen molar-refractivity contribution in [3.8, 4) is 0 Å². The highest BCUT2D eigenvalue weighted by atomic mass is 79.9. The molecule has 5 heteroatoms. The number of carboxylic acid groups (broad SMARTS) is 1. The SMILES string of the molecule is CC[C@H]1CC[C@H](c2nc3cc(C(=O)O)c(Br)cc3s2)CC1. The number of thiazole rings is 1. The highest BCUT2D eigenvalue weighted by molar-refractivity contribution is 9.10. The minimum atomic E-state index is -0.915. The molecule has 0 amide bonds. The van der Waals surface area contributed by atoms with Gasteiger partial charge in [-0.15, -0.1) is 11.3 Å². The summed E-state index contributed by atoms with van der Waals surface area (Å²) >= 11 is 5.05. The minimum Gasteiger partial charge on any atom is -0.478 e. The third-order valence-electron chi connectivity index (χ3n) is 4.50. The van der Waals surface area contributed by atoms with Gasteiger partial charge in [-0.1, -0.05) is 13.3 Å². The normalized spacial score (nSPS) is 22.6. The third-order valence-corrected chi connectivity index (χ3v) is 6.33. The van der Waals surface area contributed by atoms with Crippen LogP contribution in [-0.4, -0.2) is 16.1 Å². The number of rotatable bonds is 3. The summed E-state index contributed by atoms with van der Waals surface area (Å²) in [5, 5.41) is 10.4. The van der Waals surface area contributed by atoms with E-state index in [0.29, 0.717) is 10.4 Å². The van der Waals surface area contributed by atoms with Crippen molar-refractivity contribution < 1.29 is 9.90 Å². The molecule has 1 aromatic carbocycles. The van der Waals surface area contributed by atoms with E-state index in [1.807, 2.05) is 6.07 Å². The average Bonchev–Trinajstić information content (AvgIpc) is 2.89. The molecule has 2 aromatic rings. The molecular weight excluding hydrogens is 350 g/mol. The zero-order chi connectivity index (χ0) is 15.0. The van der Waals surface area contributed by atoms with Crippen molar-refractivity contribution in [1.29, 1.82) is 0 Å². The summed E-state index contributed by atoms with van der Waals surface area (Å²) in [6.07, 6.45) is 6.29. The molecule has 1 aliphatic rings. The Bertz CT molecular complexity index is 674. The van der Waals surface area contributed by atoms with Crippen LogP contribution >= 0.6 is 27.3 Å². The molecule has 0 atom stereocenters. The molecule has 1 aromatic heterocycles. The number of hydrogen-bond donors (Lipinski definition) is 1. The monoisotopic (exact) mass is 367 g/mol. The van der Waals surface area contributed by atoms with Crippen LogP contribution in [-0.2, 0) is 0 Å². The first-order valence-electron chi connectivity index (χ1n) is 7.41. The molecule has 1 N–H and O–H groups in total. The van der Waals surface area contributed by atoms with E-state index in [-0.39, 0.29) is 5.56 Å². The van der Waals surface area contributed by atoms with Gasteiger partial charge in [0.25, 0.3) is 0 Å². The zero-order valence-corrected chi connectivity index (χ0v) is 14.3. The predicted octanol–water partition coefficient (Wildman–Crippen LogP) is 5.44. The molecular formula is C16H18BrNO2S. The summed E-state index contributed by atoms with van der Waals surface area (Å²) in [5.74, 6) is 0.516. The molecule has 0 saturated heterocycles. The summed E-state index contributed by atoms with van der Waals surface area (Å²) in [4.78, 5) is 15.9. The fourth-order valence-electron chi connectivity index (χ4n) is 3.12. The summed E-state index contributed by atoms with van der Waals surface area (Å²) in [6, 6.07) is 3.57. The fourth-order valence-corrected chi connectivity index (χ4v) is 4.95. The van der Waals surface area contributed by atoms with E-state index in [4.69, 9.17) is 4.98 Å². The summed E-state index contributed by atoms with van der Waals surface area (Å²) in [7, 11) is 0. The molecule has 112 valence electrons. The average molecular weight is 368 g/mol. The quantitative estimate of drug-likeness (QED) is 0.785. The standard InChI is InChI=1S/C16H18BrNO2S/c1-2-9-3-5-10(6-4-9)15-18-13-7-11(16(19)20)12(17)8-14(13)21-15/h7-10H,2-6H2,1H3,(H,19,20)/t9-,10-. The molecule has 0 aliphatic heterocycles. The van der Waals surface area contributed by atoms with Crippen molar-refractivity contribution in [2.24, 2.45) is 5.92 Å². The second-order valence-electron chi connectivity index (χ2n) is 5.78. The van der Waals surface area contributed by atoms with Crippen molar-refractivity contribution in [3.63, 3.8) is 0 Å². The van der Waals surface area contributed by atoms with E-state index in [1.165, 1.54) is 37.1 Å². The van der Waals surface area contributed by atoms with Crippen LogP contribution in [0.5, 0.6) is 0 Å². The molecule has 0 bridgehead atoms. The van der Waals surface area contributed by atoms with Gasteiger partial charge >= 0.3 is 5.97 Å². The lowest BCUT2D eigenvalue weighted by Crippen LogP contribution is -2.12. The van der Waals surface area contributed by atoms with Gasteiger partial charge in [-0.25, -0.2) is 9.78 Å². The number of fused-ring (bicyclic) bond motifs is 1. The first-order valence-corrected chi connectivity index (χ1v) is 9.02. The first-order chi connectivity index (χ1) is 10.1. The van der Waals surface area contributed by atoms with Crippen LogP contribution in [0, 0.1) is 5.92 Å². The fraction of sp³-hybridized carbons (Fsp3) is 0.500. The number of hydrogen-bond acceptors (Lipinski definition) is 3. The minimum absolute atomic E-state index is 0.286. The Morgan fingerprint density at radius 3 is 2.71 bits per heavy atom. The lowest BCUT2D eigenvalue weighted by Gasteiger charge is -2.26. The summed E-state index contributed by atoms with van der Waals surface area (Å²) in [5.41, 5.74) is 1.10. The molecule has 3 nitrogen and oxygen atoms in total. The van der Waals surface area contributed by atoms with Gasteiger partial charge in [0.05, 0.1) is 20.8 Å². The van der Waals surface area contributed by atoms with E-state index in [0.717, 1.165) is 16.1 Å². The molecule has 1 heterocycles. The molecule has 1 aliphatic carbocycles. The largest absolute Gasteiger partial charge is 0.478 e. The van der Waals surface area contributed by atoms with E-state index < -0.39 is 5.97 Å². The van der Waals surface area contributed by atoms with Crippen LogP contribution in [0.15, 0.2) is 16.6 Å². The third kappa shape index (κ3) is 2.99. The number of halogens is 1. The maximum Gasteiger partial charge on any atom is 0.336 e. The van der Waals surface area contributed by atoms with Crippen molar-refractivity contribution in [3.05, 3.63) is 27.2 Å². The number of carbonyl (C=O) groups is 1. The Balaban J connectivity index is 1.89. The van der Waals surface area contributed by atoms with Crippen LogP contribution in [0.25, 0.3) is 10.2 Å². The van der Waals surface area contributed by atoms with Gasteiger partial charge in [-0.05, 0) is 59.7 Å². The van der Waals surface area contributed by atoms with Crippen LogP contribution < -0.4 is 0 Å². The lowest BCUT2D eigenvalue weighted by molar-refractivity contribution is 0.0696. The smallest absolute Gasteiger partial charge is 0.336 e. The number of aromatic carboxylic acids is 1. The maximum absolute atomic E-state index is 11.2. The van der Waals surface area contributed by atoms with Gasteiger partial charge in [0, 0.05) is 10.4 Å². The Hall–Kier alpha value is -0.940. The van der Waals surface area contributed by atoms with Crippen molar-refractivity contribution in [1.82, 2.24) is 4.98 Å². The number of aromatic nitrogens is 1. The van der Waals surface area contributed by atoms with Gasteiger partial charge in [0.1, 0.15) is 0 Å². The topological polar surface area (TPSA) is 50.2 Å². The second kappa shape index (κ2) is 6.05. The van der Waals surface area contributed by atoms with Crippen LogP contribution in [0.1, 0.15) is 60.3 Å². The molecule has 1 saturated carbocycles. The van der Waals surface area contributed by atoms with E-state index in [2.05, 4.69) is 22.9 Å². The summed E-state index contributed by atoms with van der Waals surface area (Å²) < 4.78 is 1.70. The lowest BCUT2D eigenvalue weighted by atomic mass is 9.81. The van der Waals surface area contributed by atoms with E-state index in [9.17, 15) is 9.90 Å². The van der Waals surface area contributed by atoms with Crippen molar-refractivity contribution in [2.45, 2.75) is 44.9 Å². The predicted molar refractivity (Wildman–Crippen MR) is 89.3 cm³/mol. The van der Waals surface area contributed by atoms with Gasteiger partial charge in [-0.2, -0.15) is 0 Å². The highest BCUT2D eigenvalue weighted by Gasteiger charge is 2.24. The molecule has 0 spiro atoms. The Labute approximate surface area is 136 Å². The Morgan fingerprint density at radius 1 is 1.38 bits per heavy atom. The number of nitrogens with zero attached hydrogens (tertiary/aromatic N) is 1. The van der Waals surface area contributed by atoms with E-state index in [1.54, 1.807) is 17.4 Å². The summed E-state index contributed by atoms with van der Waals surface area (Å²) in [6.45, 7) is 2.27. The van der Waals surface area contributed by atoms with Gasteiger partial charge in [0.15, 0.2) is 0 Å². The molecule has 0 unspecified atom stereocenters. The van der Waals surface area contributed by atoms with Crippen LogP contribution in [0.2, 0.25) is 0 Å². The Kier molecular flexibility index (Phi) is 4.31. The zero-order valence-electron chi connectivity index (χ0n) is 11.9. The second-order valence-corrected chi connectivity index (χ2v) is 7.70. The van der Waals surface area contributed by atoms with Crippen LogP contribution in [0.4, 0.5) is 0 Å². The molecule has 3 rings (SSSR count). The maximum atomic E-state index is 11.2. The molecule has 1 fully saturated rings. The molecule has 21 heavy (non-hydrogen) atoms.